The molecular formula is C26H41N5O2. The van der Waals surface area contributed by atoms with Crippen molar-refractivity contribution in [1.82, 2.24) is 19.9 Å². The molecule has 4 unspecified atom stereocenters. The summed E-state index contributed by atoms with van der Waals surface area (Å²) in [4.78, 5) is 20.4. The predicted octanol–water partition coefficient (Wildman–Crippen LogP) is 4.32. The molecule has 4 fully saturated rings. The molecule has 0 radical (unpaired) electrons. The highest BCUT2D eigenvalue weighted by Gasteiger charge is 2.60. The van der Waals surface area contributed by atoms with Gasteiger partial charge in [0.15, 0.2) is 0 Å². The number of aromatic nitrogens is 3. The number of carbonyl (C=O) groups is 1. The third kappa shape index (κ3) is 4.15. The molecular weight excluding hydrogens is 414 g/mol. The zero-order chi connectivity index (χ0) is 23.2. The Morgan fingerprint density at radius 3 is 2.82 bits per heavy atom. The van der Waals surface area contributed by atoms with Crippen LogP contribution in [0.5, 0.6) is 0 Å². The Labute approximate surface area is 198 Å². The maximum absolute atomic E-state index is 12.6. The van der Waals surface area contributed by atoms with Crippen molar-refractivity contribution in [2.24, 2.45) is 39.7 Å². The molecule has 0 aromatic carbocycles. The molecule has 5 rings (SSSR count). The predicted molar refractivity (Wildman–Crippen MR) is 128 cm³/mol. The van der Waals surface area contributed by atoms with Gasteiger partial charge in [0.25, 0.3) is 0 Å². The van der Waals surface area contributed by atoms with E-state index in [2.05, 4.69) is 34.2 Å². The van der Waals surface area contributed by atoms with Crippen molar-refractivity contribution in [2.45, 2.75) is 84.7 Å². The van der Waals surface area contributed by atoms with Gasteiger partial charge in [0, 0.05) is 24.6 Å². The van der Waals surface area contributed by atoms with Crippen LogP contribution in [0.2, 0.25) is 0 Å². The Kier molecular flexibility index (Phi) is 6.13. The number of nitrogens with zero attached hydrogens (tertiary/aromatic N) is 5. The summed E-state index contributed by atoms with van der Waals surface area (Å²) in [6, 6.07) is 0. The second-order valence-electron chi connectivity index (χ2n) is 12.0. The van der Waals surface area contributed by atoms with Crippen molar-refractivity contribution >= 4 is 11.5 Å². The third-order valence-corrected chi connectivity index (χ3v) is 9.88. The first kappa shape index (κ1) is 23.0. The number of oxime groups is 1. The van der Waals surface area contributed by atoms with E-state index in [0.717, 1.165) is 56.2 Å². The molecule has 0 amide bonds. The van der Waals surface area contributed by atoms with E-state index in [1.54, 1.807) is 0 Å². The fourth-order valence-electron chi connectivity index (χ4n) is 8.03. The topological polar surface area (TPSA) is 72.6 Å². The maximum atomic E-state index is 12.6. The van der Waals surface area contributed by atoms with Gasteiger partial charge in [-0.25, -0.2) is 4.68 Å². The zero-order valence-electron chi connectivity index (χ0n) is 20.9. The van der Waals surface area contributed by atoms with Crippen molar-refractivity contribution in [3.8, 4) is 0 Å². The molecule has 4 aliphatic carbocycles. The van der Waals surface area contributed by atoms with Gasteiger partial charge in [-0.1, -0.05) is 24.2 Å². The summed E-state index contributed by atoms with van der Waals surface area (Å²) in [5, 5.41) is 12.9. The van der Waals surface area contributed by atoms with Crippen molar-refractivity contribution in [1.29, 1.82) is 0 Å². The third-order valence-electron chi connectivity index (χ3n) is 9.88. The minimum atomic E-state index is -0.0171. The first-order valence-electron chi connectivity index (χ1n) is 13.0. The second-order valence-corrected chi connectivity index (χ2v) is 12.0. The van der Waals surface area contributed by atoms with E-state index in [9.17, 15) is 4.79 Å². The minimum absolute atomic E-state index is 0.0171. The zero-order valence-corrected chi connectivity index (χ0v) is 20.9. The molecule has 7 heteroatoms. The molecule has 0 aliphatic heterocycles. The molecule has 7 nitrogen and oxygen atoms in total. The van der Waals surface area contributed by atoms with Gasteiger partial charge in [-0.15, -0.1) is 5.10 Å². The molecule has 0 N–H and O–H groups in total. The van der Waals surface area contributed by atoms with Gasteiger partial charge >= 0.3 is 0 Å². The highest BCUT2D eigenvalue weighted by Crippen LogP contribution is 2.65. The van der Waals surface area contributed by atoms with E-state index >= 15 is 0 Å². The molecule has 0 saturated heterocycles. The summed E-state index contributed by atoms with van der Waals surface area (Å²) < 4.78 is 1.84. The van der Waals surface area contributed by atoms with Gasteiger partial charge in [0.05, 0.1) is 18.0 Å². The Hall–Kier alpha value is -1.76. The van der Waals surface area contributed by atoms with Crippen LogP contribution in [0.15, 0.2) is 11.4 Å². The van der Waals surface area contributed by atoms with Crippen LogP contribution in [0, 0.1) is 34.5 Å². The van der Waals surface area contributed by atoms with E-state index in [0.29, 0.717) is 36.2 Å². The van der Waals surface area contributed by atoms with Crippen LogP contribution < -0.4 is 0 Å². The van der Waals surface area contributed by atoms with E-state index < -0.39 is 0 Å². The van der Waals surface area contributed by atoms with Gasteiger partial charge in [-0.05, 0) is 94.5 Å². The maximum Gasteiger partial charge on any atom is 0.139 e. The molecule has 1 heterocycles. The van der Waals surface area contributed by atoms with Gasteiger partial charge in [0.1, 0.15) is 12.4 Å². The van der Waals surface area contributed by atoms with Crippen LogP contribution in [0.1, 0.15) is 77.3 Å². The Morgan fingerprint density at radius 1 is 1.15 bits per heavy atom. The first-order valence-corrected chi connectivity index (χ1v) is 13.0. The number of Topliss-reactive ketones (excluding diaryl/α,β-unsaturated/α-hetero) is 1. The van der Waals surface area contributed by atoms with Crippen LogP contribution in [-0.4, -0.2) is 52.1 Å². The van der Waals surface area contributed by atoms with E-state index in [4.69, 9.17) is 4.84 Å². The summed E-state index contributed by atoms with van der Waals surface area (Å²) in [6.45, 7) is 6.82. The van der Waals surface area contributed by atoms with Crippen LogP contribution in [-0.2, 0) is 22.7 Å². The Morgan fingerprint density at radius 2 is 2.00 bits per heavy atom. The Balaban J connectivity index is 1.16. The first-order chi connectivity index (χ1) is 15.8. The lowest BCUT2D eigenvalue weighted by atomic mass is 9.45. The number of rotatable bonds is 6. The Bertz CT molecular complexity index is 910. The van der Waals surface area contributed by atoms with Gasteiger partial charge < -0.3 is 9.74 Å². The number of carbonyl (C=O) groups excluding carboxylic acids is 1. The number of fused-ring (bicyclic) bond motifs is 5. The van der Waals surface area contributed by atoms with Crippen molar-refractivity contribution in [2.75, 3.05) is 20.7 Å². The fourth-order valence-corrected chi connectivity index (χ4v) is 8.03. The van der Waals surface area contributed by atoms with Gasteiger partial charge in [0.2, 0.25) is 0 Å². The van der Waals surface area contributed by atoms with Crippen molar-refractivity contribution in [3.05, 3.63) is 11.9 Å². The lowest BCUT2D eigenvalue weighted by molar-refractivity contribution is -0.137. The second kappa shape index (κ2) is 8.79. The lowest BCUT2D eigenvalue weighted by Crippen LogP contribution is -2.53. The van der Waals surface area contributed by atoms with E-state index in [1.165, 1.54) is 31.4 Å². The summed E-state index contributed by atoms with van der Waals surface area (Å²) in [6.07, 6.45) is 12.2. The normalized spacial score (nSPS) is 39.4. The van der Waals surface area contributed by atoms with Crippen LogP contribution in [0.4, 0.5) is 0 Å². The molecule has 6 atom stereocenters. The van der Waals surface area contributed by atoms with Crippen LogP contribution >= 0.6 is 0 Å². The molecule has 0 bridgehead atoms. The highest BCUT2D eigenvalue weighted by atomic mass is 16.6. The number of hydrogen-bond acceptors (Lipinski definition) is 6. The van der Waals surface area contributed by atoms with Crippen LogP contribution in [0.3, 0.4) is 0 Å². The fraction of sp³-hybridized carbons (Fsp3) is 0.846. The van der Waals surface area contributed by atoms with Crippen LogP contribution in [0.25, 0.3) is 0 Å². The summed E-state index contributed by atoms with van der Waals surface area (Å²) in [7, 11) is 4.06. The lowest BCUT2D eigenvalue weighted by Gasteiger charge is -2.59. The molecule has 1 aromatic rings. The van der Waals surface area contributed by atoms with Crippen molar-refractivity contribution < 1.29 is 9.63 Å². The molecule has 0 spiro atoms. The van der Waals surface area contributed by atoms with Crippen molar-refractivity contribution in [3.63, 3.8) is 0 Å². The standard InChI is InChI=1S/C26H41N5O2/c1-25-11-9-19(28-33-14-13-31-17-20(27-29-31)16-30(3)4)15-18(25)5-6-21-22-7-8-24(32)26(22,2)12-10-23(21)25/h17-18,21-23H,5-16H2,1-4H3/t18?,21?,22?,23?,25-,26-/m0/s1. The molecule has 182 valence electrons. The quantitative estimate of drug-likeness (QED) is 0.472. The molecule has 4 saturated carbocycles. The summed E-state index contributed by atoms with van der Waals surface area (Å²) >= 11 is 0. The molecule has 33 heavy (non-hydrogen) atoms. The van der Waals surface area contributed by atoms with Gasteiger partial charge in [-0.2, -0.15) is 0 Å². The smallest absolute Gasteiger partial charge is 0.139 e. The van der Waals surface area contributed by atoms with E-state index in [-0.39, 0.29) is 5.41 Å². The number of hydrogen-bond donors (Lipinski definition) is 0. The highest BCUT2D eigenvalue weighted by molar-refractivity contribution is 5.87. The minimum Gasteiger partial charge on any atom is -0.394 e. The summed E-state index contributed by atoms with van der Waals surface area (Å²) in [5.74, 6) is 3.43. The molecule has 1 aromatic heterocycles. The average Bonchev–Trinajstić information content (AvgIpc) is 3.34. The summed E-state index contributed by atoms with van der Waals surface area (Å²) in [5.41, 5.74) is 2.59. The monoisotopic (exact) mass is 455 g/mol. The SMILES string of the molecule is CN(C)Cc1cn(CCON=C2CC[C@@]3(C)C(CCC4C3CC[C@]3(C)C(=O)CCC43)C2)nn1. The molecule has 4 aliphatic rings. The van der Waals surface area contributed by atoms with E-state index in [1.807, 2.05) is 25.0 Å². The average molecular weight is 456 g/mol. The van der Waals surface area contributed by atoms with Gasteiger partial charge in [-0.3, -0.25) is 4.79 Å². The number of ketones is 1. The largest absolute Gasteiger partial charge is 0.394 e.